The summed E-state index contributed by atoms with van der Waals surface area (Å²) in [5.41, 5.74) is 0.848. The molecule has 19 heavy (non-hydrogen) atoms. The summed E-state index contributed by atoms with van der Waals surface area (Å²) < 4.78 is 13.3. The highest BCUT2D eigenvalue weighted by molar-refractivity contribution is 5.98. The van der Waals surface area contributed by atoms with Crippen LogP contribution in [-0.2, 0) is 0 Å². The molecule has 0 atom stereocenters. The molecule has 2 nitrogen and oxygen atoms in total. The molecular formula is C16H22FNO. The lowest BCUT2D eigenvalue weighted by molar-refractivity contribution is 0.0988. The van der Waals surface area contributed by atoms with Gasteiger partial charge in [-0.1, -0.05) is 46.8 Å². The summed E-state index contributed by atoms with van der Waals surface area (Å²) in [4.78, 5) is 15.4. The zero-order valence-corrected chi connectivity index (χ0v) is 12.3. The van der Waals surface area contributed by atoms with Crippen molar-refractivity contribution in [2.24, 2.45) is 0 Å². The number of benzene rings is 1. The Morgan fingerprint density at radius 3 is 2.42 bits per heavy atom. The second-order valence-corrected chi connectivity index (χ2v) is 3.31. The predicted molar refractivity (Wildman–Crippen MR) is 79.0 cm³/mol. The van der Waals surface area contributed by atoms with Crippen LogP contribution in [0.4, 0.5) is 4.39 Å². The molecule has 3 heteroatoms. The number of aromatic nitrogens is 1. The molecule has 0 saturated carbocycles. The van der Waals surface area contributed by atoms with Crippen LogP contribution in [-0.4, -0.2) is 10.8 Å². The van der Waals surface area contributed by atoms with E-state index >= 15 is 0 Å². The maximum atomic E-state index is 13.3. The van der Waals surface area contributed by atoms with E-state index < -0.39 is 0 Å². The molecule has 0 N–H and O–H groups in total. The lowest BCUT2D eigenvalue weighted by Gasteiger charge is -2.01. The van der Waals surface area contributed by atoms with Crippen LogP contribution >= 0.6 is 0 Å². The summed E-state index contributed by atoms with van der Waals surface area (Å²) in [6.07, 6.45) is 1.86. The molecular weight excluding hydrogens is 241 g/mol. The number of rotatable bonds is 2. The summed E-state index contributed by atoms with van der Waals surface area (Å²) in [5.74, 6) is -0.336. The number of para-hydroxylation sites is 1. The van der Waals surface area contributed by atoms with Crippen molar-refractivity contribution in [3.05, 3.63) is 41.8 Å². The Bertz CT molecular complexity index is 523. The van der Waals surface area contributed by atoms with Crippen LogP contribution in [0.25, 0.3) is 10.9 Å². The van der Waals surface area contributed by atoms with Crippen molar-refractivity contribution in [1.82, 2.24) is 4.98 Å². The lowest BCUT2D eigenvalue weighted by atomic mass is 10.1. The minimum Gasteiger partial charge on any atom is -0.294 e. The fourth-order valence-electron chi connectivity index (χ4n) is 1.48. The normalized spacial score (nSPS) is 8.95. The molecule has 104 valence electrons. The number of halogens is 1. The van der Waals surface area contributed by atoms with Crippen LogP contribution in [0.1, 0.15) is 51.4 Å². The number of hydrogen-bond acceptors (Lipinski definition) is 2. The third-order valence-electron chi connectivity index (χ3n) is 2.30. The van der Waals surface area contributed by atoms with Crippen LogP contribution in [0.2, 0.25) is 0 Å². The first-order chi connectivity index (χ1) is 9.22. The quantitative estimate of drug-likeness (QED) is 0.712. The zero-order chi connectivity index (χ0) is 14.8. The van der Waals surface area contributed by atoms with E-state index in [1.54, 1.807) is 25.1 Å². The summed E-state index contributed by atoms with van der Waals surface area (Å²) in [6, 6.07) is 6.39. The average molecular weight is 263 g/mol. The third kappa shape index (κ3) is 4.43. The first kappa shape index (κ1) is 17.2. The van der Waals surface area contributed by atoms with Gasteiger partial charge in [0.2, 0.25) is 0 Å². The highest BCUT2D eigenvalue weighted by atomic mass is 19.1. The van der Waals surface area contributed by atoms with Gasteiger partial charge in [-0.15, -0.1) is 0 Å². The van der Waals surface area contributed by atoms with E-state index in [1.165, 1.54) is 12.3 Å². The van der Waals surface area contributed by atoms with Crippen LogP contribution in [0.5, 0.6) is 0 Å². The van der Waals surface area contributed by atoms with Crippen LogP contribution in [0.15, 0.2) is 30.5 Å². The number of Topliss-reactive ketones (excluding diaryl/α,β-unsaturated/α-hetero) is 1. The van der Waals surface area contributed by atoms with Crippen LogP contribution < -0.4 is 0 Å². The predicted octanol–water partition coefficient (Wildman–Crippen LogP) is 5.02. The van der Waals surface area contributed by atoms with E-state index in [0.29, 0.717) is 22.9 Å². The second-order valence-electron chi connectivity index (χ2n) is 3.31. The zero-order valence-electron chi connectivity index (χ0n) is 12.3. The van der Waals surface area contributed by atoms with Crippen molar-refractivity contribution in [3.63, 3.8) is 0 Å². The largest absolute Gasteiger partial charge is 0.294 e. The molecule has 2 aromatic rings. The van der Waals surface area contributed by atoms with Gasteiger partial charge in [-0.2, -0.15) is 0 Å². The summed E-state index contributed by atoms with van der Waals surface area (Å²) in [5, 5.41) is 0.661. The van der Waals surface area contributed by atoms with Gasteiger partial charge in [0.1, 0.15) is 11.3 Å². The molecule has 1 aromatic heterocycles. The number of carbonyl (C=O) groups excluding carboxylic acids is 1. The van der Waals surface area contributed by atoms with E-state index in [-0.39, 0.29) is 11.6 Å². The molecule has 0 unspecified atom stereocenters. The lowest BCUT2D eigenvalue weighted by Crippen LogP contribution is -1.97. The summed E-state index contributed by atoms with van der Waals surface area (Å²) in [7, 11) is 0. The van der Waals surface area contributed by atoms with E-state index in [0.717, 1.165) is 0 Å². The molecule has 1 heterocycles. The van der Waals surface area contributed by atoms with Crippen molar-refractivity contribution in [2.75, 3.05) is 0 Å². The third-order valence-corrected chi connectivity index (χ3v) is 2.30. The average Bonchev–Trinajstić information content (AvgIpc) is 2.50. The smallest absolute Gasteiger partial charge is 0.164 e. The van der Waals surface area contributed by atoms with Gasteiger partial charge in [0.25, 0.3) is 0 Å². The molecule has 0 aliphatic carbocycles. The van der Waals surface area contributed by atoms with E-state index in [2.05, 4.69) is 4.98 Å². The molecule has 0 saturated heterocycles. The second kappa shape index (κ2) is 9.20. The maximum absolute atomic E-state index is 13.3. The highest BCUT2D eigenvalue weighted by Crippen LogP contribution is 2.16. The molecule has 0 amide bonds. The van der Waals surface area contributed by atoms with Crippen LogP contribution in [0, 0.1) is 5.82 Å². The monoisotopic (exact) mass is 263 g/mol. The van der Waals surface area contributed by atoms with Gasteiger partial charge in [0.05, 0.1) is 0 Å². The maximum Gasteiger partial charge on any atom is 0.164 e. The Hall–Kier alpha value is -1.77. The van der Waals surface area contributed by atoms with Gasteiger partial charge in [-0.3, -0.25) is 9.78 Å². The van der Waals surface area contributed by atoms with Crippen molar-refractivity contribution < 1.29 is 9.18 Å². The Labute approximate surface area is 114 Å². The van der Waals surface area contributed by atoms with Gasteiger partial charge < -0.3 is 0 Å². The van der Waals surface area contributed by atoms with Crippen molar-refractivity contribution in [3.8, 4) is 0 Å². The summed E-state index contributed by atoms with van der Waals surface area (Å²) >= 11 is 0. The number of ketones is 1. The molecule has 0 radical (unpaired) electrons. The minimum absolute atomic E-state index is 0.0219. The molecule has 1 aromatic carbocycles. The van der Waals surface area contributed by atoms with Gasteiger partial charge in [-0.05, 0) is 12.1 Å². The number of hydrogen-bond donors (Lipinski definition) is 0. The number of nitrogens with zero attached hydrogens (tertiary/aromatic N) is 1. The first-order valence-corrected chi connectivity index (χ1v) is 6.80. The van der Waals surface area contributed by atoms with E-state index in [4.69, 9.17) is 0 Å². The topological polar surface area (TPSA) is 30.0 Å². The Balaban J connectivity index is 0.000000741. The van der Waals surface area contributed by atoms with E-state index in [1.807, 2.05) is 27.7 Å². The standard InChI is InChI=1S/C12H10FNO.2C2H6/c1-2-11(15)9-6-8-4-3-5-10(13)12(8)14-7-9;2*1-2/h3-7H,2H2,1H3;2*1-2H3. The Kier molecular flexibility index (Phi) is 8.34. The van der Waals surface area contributed by atoms with Crippen molar-refractivity contribution >= 4 is 16.7 Å². The van der Waals surface area contributed by atoms with Crippen LogP contribution in [0.3, 0.4) is 0 Å². The molecule has 2 rings (SSSR count). The van der Waals surface area contributed by atoms with Gasteiger partial charge >= 0.3 is 0 Å². The van der Waals surface area contributed by atoms with Gasteiger partial charge in [-0.25, -0.2) is 4.39 Å². The first-order valence-electron chi connectivity index (χ1n) is 6.80. The molecule has 0 bridgehead atoms. The van der Waals surface area contributed by atoms with Gasteiger partial charge in [0.15, 0.2) is 5.78 Å². The Morgan fingerprint density at radius 2 is 1.84 bits per heavy atom. The fourth-order valence-corrected chi connectivity index (χ4v) is 1.48. The van der Waals surface area contributed by atoms with E-state index in [9.17, 15) is 9.18 Å². The molecule has 0 aliphatic heterocycles. The number of fused-ring (bicyclic) bond motifs is 1. The fraction of sp³-hybridized carbons (Fsp3) is 0.375. The molecule has 0 spiro atoms. The van der Waals surface area contributed by atoms with Gasteiger partial charge in [0, 0.05) is 23.6 Å². The minimum atomic E-state index is -0.358. The molecule has 0 fully saturated rings. The SMILES string of the molecule is CC.CC.CCC(=O)c1cnc2c(F)cccc2c1. The number of pyridine rings is 1. The van der Waals surface area contributed by atoms with Crippen molar-refractivity contribution in [2.45, 2.75) is 41.0 Å². The number of carbonyl (C=O) groups is 1. The van der Waals surface area contributed by atoms with Crippen molar-refractivity contribution in [1.29, 1.82) is 0 Å². The Morgan fingerprint density at radius 1 is 1.21 bits per heavy atom. The molecule has 0 aliphatic rings. The highest BCUT2D eigenvalue weighted by Gasteiger charge is 2.06. The summed E-state index contributed by atoms with van der Waals surface area (Å²) in [6.45, 7) is 9.79.